The molecule has 2 N–H and O–H groups in total. The van der Waals surface area contributed by atoms with E-state index >= 15 is 0 Å². The van der Waals surface area contributed by atoms with E-state index < -0.39 is 0 Å². The molecule has 4 nitrogen and oxygen atoms in total. The van der Waals surface area contributed by atoms with E-state index in [0.29, 0.717) is 0 Å². The predicted octanol–water partition coefficient (Wildman–Crippen LogP) is 7.36. The number of anilines is 1. The Labute approximate surface area is 196 Å². The monoisotopic (exact) mass is 458 g/mol. The van der Waals surface area contributed by atoms with Crippen molar-refractivity contribution in [3.8, 4) is 22.6 Å². The van der Waals surface area contributed by atoms with Crippen molar-refractivity contribution < 1.29 is 0 Å². The van der Waals surface area contributed by atoms with Gasteiger partial charge in [0.1, 0.15) is 10.6 Å². The predicted molar refractivity (Wildman–Crippen MR) is 136 cm³/mol. The molecule has 6 heteroatoms. The summed E-state index contributed by atoms with van der Waals surface area (Å²) in [5, 5.41) is 5.40. The molecule has 0 atom stereocenters. The maximum Gasteiger partial charge on any atom is 0.179 e. The minimum atomic E-state index is 0.727. The highest BCUT2D eigenvalue weighted by Gasteiger charge is 2.12. The number of nitrogens with zero attached hydrogens (tertiary/aromatic N) is 2. The van der Waals surface area contributed by atoms with Gasteiger partial charge in [-0.05, 0) is 66.8 Å². The summed E-state index contributed by atoms with van der Waals surface area (Å²) >= 11 is 7.69. The van der Waals surface area contributed by atoms with Crippen molar-refractivity contribution in [1.29, 1.82) is 0 Å². The summed E-state index contributed by atoms with van der Waals surface area (Å²) in [5.74, 6) is 1.63. The van der Waals surface area contributed by atoms with Gasteiger partial charge in [-0.3, -0.25) is 0 Å². The summed E-state index contributed by atoms with van der Waals surface area (Å²) in [5.41, 5.74) is 4.65. The van der Waals surface area contributed by atoms with E-state index in [4.69, 9.17) is 21.6 Å². The zero-order valence-corrected chi connectivity index (χ0v) is 19.3. The number of thiophene rings is 1. The zero-order valence-electron chi connectivity index (χ0n) is 17.7. The topological polar surface area (TPSA) is 53.6 Å². The van der Waals surface area contributed by atoms with Crippen LogP contribution in [0.25, 0.3) is 32.9 Å². The van der Waals surface area contributed by atoms with Crippen molar-refractivity contribution in [2.24, 2.45) is 0 Å². The van der Waals surface area contributed by atoms with Gasteiger partial charge in [0, 0.05) is 22.6 Å². The van der Waals surface area contributed by atoms with Crippen molar-refractivity contribution in [3.63, 3.8) is 0 Å². The molecule has 0 radical (unpaired) electrons. The van der Waals surface area contributed by atoms with Gasteiger partial charge in [0.05, 0.1) is 11.1 Å². The molecule has 3 heterocycles. The number of aromatic amines is 1. The van der Waals surface area contributed by atoms with Gasteiger partial charge in [-0.15, -0.1) is 11.3 Å². The van der Waals surface area contributed by atoms with Gasteiger partial charge in [-0.2, -0.15) is 0 Å². The van der Waals surface area contributed by atoms with Crippen LogP contribution in [0.3, 0.4) is 0 Å². The van der Waals surface area contributed by atoms with Crippen LogP contribution in [0.2, 0.25) is 5.02 Å². The van der Waals surface area contributed by atoms with E-state index in [1.165, 1.54) is 21.6 Å². The fourth-order valence-corrected chi connectivity index (χ4v) is 4.78. The number of hydrogen-bond acceptors (Lipinski definition) is 4. The third kappa shape index (κ3) is 4.54. The number of hydrogen-bond donors (Lipinski definition) is 2. The molecule has 2 aromatic carbocycles. The fraction of sp³-hybridized carbons (Fsp3) is 0.154. The number of nitrogens with one attached hydrogen (secondary N) is 2. The van der Waals surface area contributed by atoms with Crippen molar-refractivity contribution >= 4 is 39.0 Å². The van der Waals surface area contributed by atoms with Crippen LogP contribution in [0.15, 0.2) is 72.9 Å². The molecule has 3 aromatic heterocycles. The van der Waals surface area contributed by atoms with Crippen LogP contribution < -0.4 is 5.32 Å². The second-order valence-corrected chi connectivity index (χ2v) is 9.46. The molecular formula is C26H23ClN4S. The van der Waals surface area contributed by atoms with Crippen molar-refractivity contribution in [2.75, 3.05) is 11.9 Å². The van der Waals surface area contributed by atoms with Crippen LogP contribution in [0.4, 0.5) is 5.82 Å². The van der Waals surface area contributed by atoms with Crippen LogP contribution in [0, 0.1) is 6.92 Å². The maximum atomic E-state index is 5.99. The lowest BCUT2D eigenvalue weighted by atomic mass is 10.0. The Kier molecular flexibility index (Phi) is 5.93. The SMILES string of the molecule is Cc1cc2c(NCCCc3ccc(-c4ccc(Cl)cc4)cc3)nc(-c3ccc[nH]3)nc2s1. The van der Waals surface area contributed by atoms with Crippen LogP contribution in [-0.4, -0.2) is 21.5 Å². The normalized spacial score (nSPS) is 11.2. The summed E-state index contributed by atoms with van der Waals surface area (Å²) in [6.45, 7) is 2.96. The number of H-pyrrole nitrogens is 1. The molecule has 0 unspecified atom stereocenters. The first-order valence-corrected chi connectivity index (χ1v) is 11.9. The van der Waals surface area contributed by atoms with Gasteiger partial charge in [-0.1, -0.05) is 48.0 Å². The number of benzene rings is 2. The van der Waals surface area contributed by atoms with E-state index in [1.54, 1.807) is 11.3 Å². The number of aromatic nitrogens is 3. The highest BCUT2D eigenvalue weighted by molar-refractivity contribution is 7.18. The van der Waals surface area contributed by atoms with Gasteiger partial charge in [0.15, 0.2) is 5.82 Å². The number of rotatable bonds is 7. The van der Waals surface area contributed by atoms with Gasteiger partial charge in [-0.25, -0.2) is 9.97 Å². The van der Waals surface area contributed by atoms with E-state index in [9.17, 15) is 0 Å². The van der Waals surface area contributed by atoms with Crippen LogP contribution in [-0.2, 0) is 6.42 Å². The summed E-state index contributed by atoms with van der Waals surface area (Å²) in [4.78, 5) is 15.0. The maximum absolute atomic E-state index is 5.99. The lowest BCUT2D eigenvalue weighted by molar-refractivity contribution is 0.860. The molecular weight excluding hydrogens is 436 g/mol. The lowest BCUT2D eigenvalue weighted by Crippen LogP contribution is -2.06. The molecule has 0 fully saturated rings. The Morgan fingerprint density at radius 2 is 1.72 bits per heavy atom. The molecule has 0 aliphatic rings. The Balaban J connectivity index is 1.24. The second-order valence-electron chi connectivity index (χ2n) is 7.79. The summed E-state index contributed by atoms with van der Waals surface area (Å²) < 4.78 is 0. The van der Waals surface area contributed by atoms with Crippen molar-refractivity contribution in [2.45, 2.75) is 19.8 Å². The standard InChI is InChI=1S/C26H23ClN4S/c1-17-16-22-24(30-25(31-26(22)32-17)23-5-3-14-28-23)29-15-2-4-18-6-8-19(9-7-18)20-10-12-21(27)13-11-20/h3,5-14,16,28H,2,4,15H2,1H3,(H,29,30,31). The molecule has 0 saturated heterocycles. The summed E-state index contributed by atoms with van der Waals surface area (Å²) in [6.07, 6.45) is 3.93. The minimum absolute atomic E-state index is 0.727. The summed E-state index contributed by atoms with van der Waals surface area (Å²) in [7, 11) is 0. The molecule has 0 amide bonds. The van der Waals surface area contributed by atoms with Crippen LogP contribution in [0.5, 0.6) is 0 Å². The van der Waals surface area contributed by atoms with E-state index in [2.05, 4.69) is 59.7 Å². The van der Waals surface area contributed by atoms with Gasteiger partial charge >= 0.3 is 0 Å². The van der Waals surface area contributed by atoms with Crippen molar-refractivity contribution in [3.05, 3.63) is 88.4 Å². The second kappa shape index (κ2) is 9.15. The Morgan fingerprint density at radius 3 is 2.44 bits per heavy atom. The molecule has 0 aliphatic carbocycles. The molecule has 5 aromatic rings. The fourth-order valence-electron chi connectivity index (χ4n) is 3.77. The third-order valence-electron chi connectivity index (χ3n) is 5.42. The highest BCUT2D eigenvalue weighted by atomic mass is 35.5. The summed E-state index contributed by atoms with van der Waals surface area (Å²) in [6, 6.07) is 22.9. The zero-order chi connectivity index (χ0) is 21.9. The molecule has 32 heavy (non-hydrogen) atoms. The van der Waals surface area contributed by atoms with Crippen LogP contribution in [0.1, 0.15) is 16.9 Å². The molecule has 0 bridgehead atoms. The first-order chi connectivity index (χ1) is 15.7. The first kappa shape index (κ1) is 20.7. The Bertz CT molecular complexity index is 1320. The highest BCUT2D eigenvalue weighted by Crippen LogP contribution is 2.30. The lowest BCUT2D eigenvalue weighted by Gasteiger charge is -2.09. The van der Waals surface area contributed by atoms with E-state index in [1.807, 2.05) is 30.5 Å². The Morgan fingerprint density at radius 1 is 0.969 bits per heavy atom. The number of halogens is 1. The average Bonchev–Trinajstić information content (AvgIpc) is 3.47. The molecule has 5 rings (SSSR count). The van der Waals surface area contributed by atoms with Crippen LogP contribution >= 0.6 is 22.9 Å². The molecule has 0 aliphatic heterocycles. The Hall–Kier alpha value is -3.15. The largest absolute Gasteiger partial charge is 0.369 e. The minimum Gasteiger partial charge on any atom is -0.369 e. The quantitative estimate of drug-likeness (QED) is 0.250. The van der Waals surface area contributed by atoms with E-state index in [-0.39, 0.29) is 0 Å². The van der Waals surface area contributed by atoms with Gasteiger partial charge in [0.25, 0.3) is 0 Å². The number of aryl methyl sites for hydroxylation is 2. The van der Waals surface area contributed by atoms with E-state index in [0.717, 1.165) is 52.0 Å². The average molecular weight is 459 g/mol. The molecule has 0 spiro atoms. The third-order valence-corrected chi connectivity index (χ3v) is 6.62. The smallest absolute Gasteiger partial charge is 0.179 e. The molecule has 0 saturated carbocycles. The number of fused-ring (bicyclic) bond motifs is 1. The van der Waals surface area contributed by atoms with Crippen molar-refractivity contribution in [1.82, 2.24) is 15.0 Å². The molecule has 160 valence electrons. The van der Waals surface area contributed by atoms with Gasteiger partial charge < -0.3 is 10.3 Å². The van der Waals surface area contributed by atoms with Gasteiger partial charge in [0.2, 0.25) is 0 Å². The first-order valence-electron chi connectivity index (χ1n) is 10.7.